The highest BCUT2D eigenvalue weighted by Crippen LogP contribution is 2.41. The van der Waals surface area contributed by atoms with Gasteiger partial charge in [-0.15, -0.1) is 6.58 Å². The average molecular weight is 283 g/mol. The number of esters is 1. The molecule has 0 unspecified atom stereocenters. The molecule has 20 heavy (non-hydrogen) atoms. The van der Waals surface area contributed by atoms with Gasteiger partial charge >= 0.3 is 12.1 Å². The Morgan fingerprint density at radius 2 is 2.05 bits per heavy atom. The highest BCUT2D eigenvalue weighted by atomic mass is 16.6. The van der Waals surface area contributed by atoms with E-state index >= 15 is 0 Å². The minimum atomic E-state index is -0.625. The van der Waals surface area contributed by atoms with Crippen LogP contribution in [0.4, 0.5) is 4.79 Å². The Hall–Kier alpha value is -1.52. The first-order valence-electron chi connectivity index (χ1n) is 6.83. The van der Waals surface area contributed by atoms with Gasteiger partial charge in [0.05, 0.1) is 7.11 Å². The number of likely N-dealkylation sites (tertiary alicyclic amines) is 1. The normalized spacial score (nSPS) is 26.2. The molecule has 1 aliphatic rings. The number of hydrogen-bond donors (Lipinski definition) is 0. The highest BCUT2D eigenvalue weighted by Gasteiger charge is 2.50. The van der Waals surface area contributed by atoms with Crippen molar-refractivity contribution < 1.29 is 19.1 Å². The van der Waals surface area contributed by atoms with E-state index in [4.69, 9.17) is 9.47 Å². The SMILES string of the molecule is C=CC[C@]1(C)CCN(C(=O)OC(C)(C)C)[C@@H]1C(=O)OC. The topological polar surface area (TPSA) is 55.8 Å². The third-order valence-electron chi connectivity index (χ3n) is 3.56. The zero-order valence-corrected chi connectivity index (χ0v) is 13.1. The quantitative estimate of drug-likeness (QED) is 0.590. The summed E-state index contributed by atoms with van der Waals surface area (Å²) < 4.78 is 10.2. The van der Waals surface area contributed by atoms with Crippen LogP contribution < -0.4 is 0 Å². The van der Waals surface area contributed by atoms with Gasteiger partial charge in [0.25, 0.3) is 0 Å². The van der Waals surface area contributed by atoms with Crippen molar-refractivity contribution in [3.05, 3.63) is 12.7 Å². The van der Waals surface area contributed by atoms with E-state index < -0.39 is 23.7 Å². The molecule has 0 aromatic rings. The van der Waals surface area contributed by atoms with Crippen LogP contribution in [-0.4, -0.2) is 42.3 Å². The van der Waals surface area contributed by atoms with Crippen LogP contribution in [0.15, 0.2) is 12.7 Å². The van der Waals surface area contributed by atoms with Gasteiger partial charge < -0.3 is 9.47 Å². The van der Waals surface area contributed by atoms with E-state index in [1.54, 1.807) is 26.8 Å². The van der Waals surface area contributed by atoms with E-state index in [0.29, 0.717) is 13.0 Å². The minimum absolute atomic E-state index is 0.355. The minimum Gasteiger partial charge on any atom is -0.467 e. The maximum absolute atomic E-state index is 12.3. The smallest absolute Gasteiger partial charge is 0.411 e. The zero-order valence-electron chi connectivity index (χ0n) is 13.1. The molecule has 2 atom stereocenters. The summed E-state index contributed by atoms with van der Waals surface area (Å²) in [4.78, 5) is 25.8. The van der Waals surface area contributed by atoms with Gasteiger partial charge in [0.2, 0.25) is 0 Å². The fourth-order valence-electron chi connectivity index (χ4n) is 2.60. The molecular formula is C15H25NO4. The van der Waals surface area contributed by atoms with E-state index in [1.807, 2.05) is 6.92 Å². The Balaban J connectivity index is 2.99. The predicted octanol–water partition coefficient (Wildman–Crippen LogP) is 2.75. The maximum atomic E-state index is 12.3. The molecule has 0 radical (unpaired) electrons. The van der Waals surface area contributed by atoms with E-state index in [0.717, 1.165) is 6.42 Å². The second-order valence-electron chi connectivity index (χ2n) is 6.50. The standard InChI is InChI=1S/C15H25NO4/c1-7-8-15(5)9-10-16(11(15)12(17)19-6)13(18)20-14(2,3)4/h7,11H,1,8-10H2,2-6H3/t11-,15-/m1/s1. The van der Waals surface area contributed by atoms with Gasteiger partial charge in [-0.05, 0) is 33.6 Å². The van der Waals surface area contributed by atoms with Crippen molar-refractivity contribution in [2.75, 3.05) is 13.7 Å². The van der Waals surface area contributed by atoms with Gasteiger partial charge in [-0.1, -0.05) is 13.0 Å². The molecule has 0 aliphatic carbocycles. The molecule has 1 aliphatic heterocycles. The van der Waals surface area contributed by atoms with Gasteiger partial charge in [-0.25, -0.2) is 9.59 Å². The van der Waals surface area contributed by atoms with E-state index in [9.17, 15) is 9.59 Å². The summed E-state index contributed by atoms with van der Waals surface area (Å²) in [5.74, 6) is -0.405. The molecule has 0 spiro atoms. The van der Waals surface area contributed by atoms with Crippen molar-refractivity contribution >= 4 is 12.1 Å². The molecule has 0 saturated carbocycles. The molecule has 1 amide bonds. The lowest BCUT2D eigenvalue weighted by Crippen LogP contribution is -2.49. The predicted molar refractivity (Wildman–Crippen MR) is 76.3 cm³/mol. The van der Waals surface area contributed by atoms with Crippen molar-refractivity contribution in [2.24, 2.45) is 5.41 Å². The van der Waals surface area contributed by atoms with Crippen molar-refractivity contribution in [1.82, 2.24) is 4.90 Å². The molecule has 1 rings (SSSR count). The summed E-state index contributed by atoms with van der Waals surface area (Å²) in [6, 6.07) is -0.625. The third-order valence-corrected chi connectivity index (χ3v) is 3.56. The number of carbonyl (C=O) groups is 2. The lowest BCUT2D eigenvalue weighted by atomic mass is 9.79. The van der Waals surface area contributed by atoms with Crippen LogP contribution in [-0.2, 0) is 14.3 Å². The lowest BCUT2D eigenvalue weighted by molar-refractivity contribution is -0.149. The van der Waals surface area contributed by atoms with Crippen molar-refractivity contribution in [1.29, 1.82) is 0 Å². The van der Waals surface area contributed by atoms with Gasteiger partial charge in [0, 0.05) is 12.0 Å². The third kappa shape index (κ3) is 3.52. The average Bonchev–Trinajstić information content (AvgIpc) is 2.64. The monoisotopic (exact) mass is 283 g/mol. The van der Waals surface area contributed by atoms with Crippen LogP contribution in [0.25, 0.3) is 0 Å². The number of amides is 1. The maximum Gasteiger partial charge on any atom is 0.411 e. The largest absolute Gasteiger partial charge is 0.467 e. The van der Waals surface area contributed by atoms with Crippen molar-refractivity contribution in [3.8, 4) is 0 Å². The summed E-state index contributed by atoms with van der Waals surface area (Å²) >= 11 is 0. The highest BCUT2D eigenvalue weighted by molar-refractivity contribution is 5.83. The number of hydrogen-bond acceptors (Lipinski definition) is 4. The Labute approximate surface area is 120 Å². The number of carbonyl (C=O) groups excluding carboxylic acids is 2. The second kappa shape index (κ2) is 5.85. The van der Waals surface area contributed by atoms with Crippen LogP contribution in [0.3, 0.4) is 0 Å². The van der Waals surface area contributed by atoms with Gasteiger partial charge in [-0.3, -0.25) is 4.90 Å². The summed E-state index contributed by atoms with van der Waals surface area (Å²) in [5.41, 5.74) is -0.944. The Morgan fingerprint density at radius 3 is 2.50 bits per heavy atom. The Morgan fingerprint density at radius 1 is 1.45 bits per heavy atom. The summed E-state index contributed by atoms with van der Waals surface area (Å²) in [6.07, 6.45) is 2.67. The molecule has 5 heteroatoms. The fraction of sp³-hybridized carbons (Fsp3) is 0.733. The molecule has 0 aromatic carbocycles. The number of methoxy groups -OCH3 is 1. The van der Waals surface area contributed by atoms with Crippen LogP contribution in [0.2, 0.25) is 0 Å². The molecule has 1 heterocycles. The number of nitrogens with zero attached hydrogens (tertiary/aromatic N) is 1. The Kier molecular flexibility index (Phi) is 4.84. The molecular weight excluding hydrogens is 258 g/mol. The van der Waals surface area contributed by atoms with Crippen LogP contribution in [0.1, 0.15) is 40.5 Å². The summed E-state index contributed by atoms with van der Waals surface area (Å²) in [5, 5.41) is 0. The lowest BCUT2D eigenvalue weighted by Gasteiger charge is -2.33. The van der Waals surface area contributed by atoms with E-state index in [-0.39, 0.29) is 5.41 Å². The van der Waals surface area contributed by atoms with Gasteiger partial charge in [0.15, 0.2) is 0 Å². The van der Waals surface area contributed by atoms with Gasteiger partial charge in [0.1, 0.15) is 11.6 Å². The van der Waals surface area contributed by atoms with E-state index in [1.165, 1.54) is 12.0 Å². The molecule has 5 nitrogen and oxygen atoms in total. The van der Waals surface area contributed by atoms with Crippen molar-refractivity contribution in [3.63, 3.8) is 0 Å². The molecule has 0 aromatic heterocycles. The number of ether oxygens (including phenoxy) is 2. The molecule has 0 bridgehead atoms. The first-order chi connectivity index (χ1) is 9.14. The molecule has 114 valence electrons. The first kappa shape index (κ1) is 16.5. The molecule has 1 fully saturated rings. The summed E-state index contributed by atoms with van der Waals surface area (Å²) in [6.45, 7) is 11.6. The van der Waals surface area contributed by atoms with Gasteiger partial charge in [-0.2, -0.15) is 0 Å². The number of allylic oxidation sites excluding steroid dienone is 1. The van der Waals surface area contributed by atoms with E-state index in [2.05, 4.69) is 6.58 Å². The van der Waals surface area contributed by atoms with Crippen molar-refractivity contribution in [2.45, 2.75) is 52.2 Å². The fourth-order valence-corrected chi connectivity index (χ4v) is 2.60. The number of rotatable bonds is 3. The Bertz CT molecular complexity index is 399. The second-order valence-corrected chi connectivity index (χ2v) is 6.50. The van der Waals surface area contributed by atoms with Crippen LogP contribution in [0, 0.1) is 5.41 Å². The molecule has 1 saturated heterocycles. The molecule has 0 N–H and O–H groups in total. The zero-order chi connectivity index (χ0) is 15.6. The first-order valence-corrected chi connectivity index (χ1v) is 6.83. The van der Waals surface area contributed by atoms with Crippen LogP contribution >= 0.6 is 0 Å². The summed E-state index contributed by atoms with van der Waals surface area (Å²) in [7, 11) is 1.34. The van der Waals surface area contributed by atoms with Crippen LogP contribution in [0.5, 0.6) is 0 Å².